The zero-order valence-corrected chi connectivity index (χ0v) is 4.68. The molecular weight excluding hydrogens is 104 g/mol. The Morgan fingerprint density at radius 2 is 2.38 bits per heavy atom. The summed E-state index contributed by atoms with van der Waals surface area (Å²) in [6.45, 7) is 1.72. The molecule has 8 heavy (non-hydrogen) atoms. The molecule has 0 fully saturated rings. The standard InChI is InChI=1S/C6H7O2/c1-2-3-6(8)4-5-7/h2-3H,4H2,1H3/b3-2+. The summed E-state index contributed by atoms with van der Waals surface area (Å²) in [5, 5.41) is 0. The van der Waals surface area contributed by atoms with Gasteiger partial charge in [-0.3, -0.25) is 9.59 Å². The molecule has 43 valence electrons. The average Bonchev–Trinajstić information content (AvgIpc) is 1.68. The van der Waals surface area contributed by atoms with Crippen LogP contribution in [0.1, 0.15) is 13.3 Å². The van der Waals surface area contributed by atoms with Gasteiger partial charge in [-0.2, -0.15) is 0 Å². The van der Waals surface area contributed by atoms with Crippen LogP contribution in [0.4, 0.5) is 0 Å². The van der Waals surface area contributed by atoms with Crippen molar-refractivity contribution in [2.24, 2.45) is 0 Å². The van der Waals surface area contributed by atoms with Crippen LogP contribution in [0.5, 0.6) is 0 Å². The Morgan fingerprint density at radius 3 is 2.75 bits per heavy atom. The van der Waals surface area contributed by atoms with Crippen molar-refractivity contribution in [3.8, 4) is 0 Å². The minimum absolute atomic E-state index is 0.121. The largest absolute Gasteiger partial charge is 0.294 e. The van der Waals surface area contributed by atoms with Crippen molar-refractivity contribution in [1.82, 2.24) is 0 Å². The van der Waals surface area contributed by atoms with E-state index in [-0.39, 0.29) is 12.2 Å². The Balaban J connectivity index is 3.48. The zero-order valence-electron chi connectivity index (χ0n) is 4.68. The summed E-state index contributed by atoms with van der Waals surface area (Å²) < 4.78 is 0. The van der Waals surface area contributed by atoms with Crippen LogP contribution < -0.4 is 0 Å². The van der Waals surface area contributed by atoms with E-state index in [9.17, 15) is 9.59 Å². The first-order valence-corrected chi connectivity index (χ1v) is 2.31. The highest BCUT2D eigenvalue weighted by Gasteiger charge is 1.90. The summed E-state index contributed by atoms with van der Waals surface area (Å²) in [6.07, 6.45) is 4.33. The van der Waals surface area contributed by atoms with E-state index in [0.717, 1.165) is 0 Å². The molecule has 0 bridgehead atoms. The van der Waals surface area contributed by atoms with Gasteiger partial charge in [-0.25, -0.2) is 0 Å². The zero-order chi connectivity index (χ0) is 6.41. The molecule has 2 nitrogen and oxygen atoms in total. The van der Waals surface area contributed by atoms with Crippen molar-refractivity contribution in [3.63, 3.8) is 0 Å². The van der Waals surface area contributed by atoms with Crippen molar-refractivity contribution < 1.29 is 9.59 Å². The summed E-state index contributed by atoms with van der Waals surface area (Å²) in [5.41, 5.74) is 0. The minimum atomic E-state index is -0.192. The van der Waals surface area contributed by atoms with Gasteiger partial charge in [-0.05, 0) is 13.0 Å². The molecule has 1 radical (unpaired) electrons. The third kappa shape index (κ3) is 3.28. The van der Waals surface area contributed by atoms with Crippen LogP contribution >= 0.6 is 0 Å². The SMILES string of the molecule is C/C=C/C(=O)C[C]=O. The second-order valence-corrected chi connectivity index (χ2v) is 1.29. The average molecular weight is 111 g/mol. The van der Waals surface area contributed by atoms with E-state index in [2.05, 4.69) is 0 Å². The highest BCUT2D eigenvalue weighted by Crippen LogP contribution is 1.79. The van der Waals surface area contributed by atoms with Crippen LogP contribution in [0.2, 0.25) is 0 Å². The minimum Gasteiger partial charge on any atom is -0.294 e. The number of ketones is 1. The summed E-state index contributed by atoms with van der Waals surface area (Å²) >= 11 is 0. The maximum Gasteiger partial charge on any atom is 0.206 e. The number of carbonyl (C=O) groups excluding carboxylic acids is 2. The number of rotatable bonds is 3. The number of hydrogen-bond donors (Lipinski definition) is 0. The van der Waals surface area contributed by atoms with Crippen LogP contribution in [0, 0.1) is 0 Å². The molecule has 0 saturated carbocycles. The fourth-order valence-corrected chi connectivity index (χ4v) is 0.316. The van der Waals surface area contributed by atoms with E-state index in [1.54, 1.807) is 13.0 Å². The van der Waals surface area contributed by atoms with Gasteiger partial charge in [0.15, 0.2) is 5.78 Å². The molecule has 0 unspecified atom stereocenters. The first-order chi connectivity index (χ1) is 3.81. The van der Waals surface area contributed by atoms with E-state index in [1.807, 2.05) is 0 Å². The first-order valence-electron chi connectivity index (χ1n) is 2.31. The van der Waals surface area contributed by atoms with Crippen LogP contribution in [0.25, 0.3) is 0 Å². The summed E-state index contributed by atoms with van der Waals surface area (Å²) in [4.78, 5) is 19.8. The highest BCUT2D eigenvalue weighted by molar-refractivity contribution is 5.97. The quantitative estimate of drug-likeness (QED) is 0.395. The van der Waals surface area contributed by atoms with Crippen LogP contribution in [-0.4, -0.2) is 12.1 Å². The van der Waals surface area contributed by atoms with Gasteiger partial charge in [0.2, 0.25) is 6.29 Å². The van der Waals surface area contributed by atoms with Gasteiger partial charge < -0.3 is 0 Å². The topological polar surface area (TPSA) is 34.1 Å². The van der Waals surface area contributed by atoms with Gasteiger partial charge in [-0.15, -0.1) is 0 Å². The van der Waals surface area contributed by atoms with Crippen molar-refractivity contribution >= 4 is 12.1 Å². The van der Waals surface area contributed by atoms with Gasteiger partial charge in [0.25, 0.3) is 0 Å². The Kier molecular flexibility index (Phi) is 3.76. The Labute approximate surface area is 48.2 Å². The molecule has 0 heterocycles. The lowest BCUT2D eigenvalue weighted by Gasteiger charge is -1.76. The molecule has 0 aliphatic carbocycles. The van der Waals surface area contributed by atoms with Crippen LogP contribution in [0.3, 0.4) is 0 Å². The number of allylic oxidation sites excluding steroid dienone is 2. The first kappa shape index (κ1) is 7.08. The molecular formula is C6H7O2. The monoisotopic (exact) mass is 111 g/mol. The number of carbonyl (C=O) groups is 1. The van der Waals surface area contributed by atoms with Gasteiger partial charge in [0.05, 0.1) is 6.42 Å². The molecule has 0 spiro atoms. The predicted octanol–water partition coefficient (Wildman–Crippen LogP) is 0.631. The van der Waals surface area contributed by atoms with Gasteiger partial charge in [-0.1, -0.05) is 6.08 Å². The number of hydrogen-bond acceptors (Lipinski definition) is 2. The lowest BCUT2D eigenvalue weighted by atomic mass is 10.3. The molecule has 0 rings (SSSR count). The van der Waals surface area contributed by atoms with Gasteiger partial charge in [0.1, 0.15) is 0 Å². The van der Waals surface area contributed by atoms with Crippen molar-refractivity contribution in [2.45, 2.75) is 13.3 Å². The van der Waals surface area contributed by atoms with E-state index >= 15 is 0 Å². The second kappa shape index (κ2) is 4.24. The van der Waals surface area contributed by atoms with E-state index < -0.39 is 0 Å². The van der Waals surface area contributed by atoms with Crippen molar-refractivity contribution in [2.75, 3.05) is 0 Å². The fourth-order valence-electron chi connectivity index (χ4n) is 0.316. The van der Waals surface area contributed by atoms with Crippen molar-refractivity contribution in [3.05, 3.63) is 12.2 Å². The molecule has 0 aliphatic heterocycles. The van der Waals surface area contributed by atoms with Crippen molar-refractivity contribution in [1.29, 1.82) is 0 Å². The van der Waals surface area contributed by atoms with Crippen LogP contribution in [0.15, 0.2) is 12.2 Å². The molecule has 0 saturated heterocycles. The van der Waals surface area contributed by atoms with Gasteiger partial charge in [0, 0.05) is 0 Å². The molecule has 2 heteroatoms. The maximum atomic E-state index is 10.3. The summed E-state index contributed by atoms with van der Waals surface area (Å²) in [7, 11) is 0. The van der Waals surface area contributed by atoms with Gasteiger partial charge >= 0.3 is 0 Å². The lowest BCUT2D eigenvalue weighted by Crippen LogP contribution is -1.90. The fraction of sp³-hybridized carbons (Fsp3) is 0.333. The molecule has 0 aromatic heterocycles. The molecule has 0 N–H and O–H groups in total. The Morgan fingerprint density at radius 1 is 1.75 bits per heavy atom. The normalized spacial score (nSPS) is 9.62. The summed E-state index contributed by atoms with van der Waals surface area (Å²) in [6, 6.07) is 0. The smallest absolute Gasteiger partial charge is 0.206 e. The highest BCUT2D eigenvalue weighted by atomic mass is 16.1. The maximum absolute atomic E-state index is 10.3. The Hall–Kier alpha value is -0.920. The summed E-state index contributed by atoms with van der Waals surface area (Å²) in [5.74, 6) is -0.192. The van der Waals surface area contributed by atoms with Crippen LogP contribution in [-0.2, 0) is 9.59 Å². The van der Waals surface area contributed by atoms with E-state index in [4.69, 9.17) is 0 Å². The third-order valence-electron chi connectivity index (χ3n) is 0.599. The lowest BCUT2D eigenvalue weighted by molar-refractivity contribution is -0.113. The van der Waals surface area contributed by atoms with E-state index in [0.29, 0.717) is 0 Å². The molecule has 0 amide bonds. The molecule has 0 atom stereocenters. The Bertz CT molecular complexity index is 114. The third-order valence-corrected chi connectivity index (χ3v) is 0.599. The second-order valence-electron chi connectivity index (χ2n) is 1.29. The van der Waals surface area contributed by atoms with E-state index in [1.165, 1.54) is 12.4 Å². The predicted molar refractivity (Wildman–Crippen MR) is 30.1 cm³/mol. The molecule has 0 aliphatic rings. The molecule has 0 aromatic rings. The molecule has 0 aromatic carbocycles.